The smallest absolute Gasteiger partial charge is 0.0677 e. The van der Waals surface area contributed by atoms with E-state index in [0.717, 1.165) is 11.1 Å². The summed E-state index contributed by atoms with van der Waals surface area (Å²) < 4.78 is 0. The SMILES string of the molecule is Cc1ccccc1-c1cc[c]c(Cl)c1Cl. The van der Waals surface area contributed by atoms with Crippen LogP contribution in [0, 0.1) is 13.0 Å². The van der Waals surface area contributed by atoms with E-state index in [1.165, 1.54) is 5.56 Å². The monoisotopic (exact) mass is 235 g/mol. The van der Waals surface area contributed by atoms with Gasteiger partial charge in [0.15, 0.2) is 0 Å². The van der Waals surface area contributed by atoms with E-state index in [1.54, 1.807) is 6.07 Å². The fraction of sp³-hybridized carbons (Fsp3) is 0.0769. The fourth-order valence-electron chi connectivity index (χ4n) is 1.54. The lowest BCUT2D eigenvalue weighted by Gasteiger charge is -2.08. The van der Waals surface area contributed by atoms with Gasteiger partial charge in [-0.1, -0.05) is 59.6 Å². The molecular formula is C13H9Cl2. The van der Waals surface area contributed by atoms with Crippen molar-refractivity contribution in [3.63, 3.8) is 0 Å². The van der Waals surface area contributed by atoms with Crippen molar-refractivity contribution in [1.29, 1.82) is 0 Å². The average molecular weight is 236 g/mol. The van der Waals surface area contributed by atoms with E-state index < -0.39 is 0 Å². The van der Waals surface area contributed by atoms with Crippen LogP contribution in [-0.4, -0.2) is 0 Å². The van der Waals surface area contributed by atoms with E-state index >= 15 is 0 Å². The van der Waals surface area contributed by atoms with Crippen molar-refractivity contribution in [2.45, 2.75) is 6.92 Å². The van der Waals surface area contributed by atoms with Crippen LogP contribution in [0.15, 0.2) is 36.4 Å². The van der Waals surface area contributed by atoms with Crippen molar-refractivity contribution in [1.82, 2.24) is 0 Å². The first-order valence-corrected chi connectivity index (χ1v) is 5.37. The molecule has 0 saturated carbocycles. The highest BCUT2D eigenvalue weighted by Crippen LogP contribution is 2.34. The number of aryl methyl sites for hydroxylation is 1. The fourth-order valence-corrected chi connectivity index (χ4v) is 1.92. The van der Waals surface area contributed by atoms with Crippen molar-refractivity contribution in [3.8, 4) is 11.1 Å². The molecular weight excluding hydrogens is 227 g/mol. The van der Waals surface area contributed by atoms with Gasteiger partial charge in [0.2, 0.25) is 0 Å². The minimum atomic E-state index is 0.470. The van der Waals surface area contributed by atoms with Gasteiger partial charge in [-0.15, -0.1) is 0 Å². The molecule has 0 atom stereocenters. The Morgan fingerprint density at radius 3 is 2.47 bits per heavy atom. The van der Waals surface area contributed by atoms with E-state index in [0.29, 0.717) is 10.0 Å². The van der Waals surface area contributed by atoms with Crippen molar-refractivity contribution in [2.75, 3.05) is 0 Å². The zero-order valence-electron chi connectivity index (χ0n) is 8.22. The molecule has 0 N–H and O–H groups in total. The van der Waals surface area contributed by atoms with E-state index in [4.69, 9.17) is 23.2 Å². The first kappa shape index (κ1) is 10.5. The number of benzene rings is 2. The summed E-state index contributed by atoms with van der Waals surface area (Å²) in [5, 5.41) is 1.03. The predicted octanol–water partition coefficient (Wildman–Crippen LogP) is 4.77. The molecule has 2 heteroatoms. The molecule has 0 unspecified atom stereocenters. The van der Waals surface area contributed by atoms with Gasteiger partial charge in [-0.2, -0.15) is 0 Å². The lowest BCUT2D eigenvalue weighted by Crippen LogP contribution is -1.84. The Balaban J connectivity index is 2.65. The zero-order chi connectivity index (χ0) is 10.8. The van der Waals surface area contributed by atoms with Gasteiger partial charge in [0, 0.05) is 11.6 Å². The van der Waals surface area contributed by atoms with Crippen LogP contribution in [0.3, 0.4) is 0 Å². The summed E-state index contributed by atoms with van der Waals surface area (Å²) in [6, 6.07) is 14.7. The second-order valence-electron chi connectivity index (χ2n) is 3.33. The van der Waals surface area contributed by atoms with Crippen LogP contribution in [0.2, 0.25) is 10.0 Å². The van der Waals surface area contributed by atoms with Crippen LogP contribution in [-0.2, 0) is 0 Å². The lowest BCUT2D eigenvalue weighted by molar-refractivity contribution is 1.46. The molecule has 0 spiro atoms. The number of hydrogen-bond acceptors (Lipinski definition) is 0. The molecule has 0 bridgehead atoms. The largest absolute Gasteiger partial charge is 0.0820 e. The summed E-state index contributed by atoms with van der Waals surface area (Å²) >= 11 is 12.1. The van der Waals surface area contributed by atoms with Crippen LogP contribution in [0.25, 0.3) is 11.1 Å². The van der Waals surface area contributed by atoms with Gasteiger partial charge in [-0.3, -0.25) is 0 Å². The molecule has 2 rings (SSSR count). The normalized spacial score (nSPS) is 10.3. The highest BCUT2D eigenvalue weighted by atomic mass is 35.5. The molecule has 0 heterocycles. The molecule has 2 aromatic carbocycles. The zero-order valence-corrected chi connectivity index (χ0v) is 9.73. The molecule has 0 aliphatic heterocycles. The standard InChI is InChI=1S/C13H9Cl2/c1-9-5-2-3-6-10(9)11-7-4-8-12(14)13(11)15/h2-7H,1H3. The molecule has 15 heavy (non-hydrogen) atoms. The highest BCUT2D eigenvalue weighted by Gasteiger charge is 2.08. The Hall–Kier alpha value is -0.980. The molecule has 0 saturated heterocycles. The Labute approximate surface area is 99.5 Å². The van der Waals surface area contributed by atoms with Crippen LogP contribution in [0.1, 0.15) is 5.56 Å². The summed E-state index contributed by atoms with van der Waals surface area (Å²) in [5.74, 6) is 0. The maximum Gasteiger partial charge on any atom is 0.0677 e. The molecule has 0 aliphatic rings. The third-order valence-electron chi connectivity index (χ3n) is 2.32. The van der Waals surface area contributed by atoms with Crippen LogP contribution < -0.4 is 0 Å². The third kappa shape index (κ3) is 2.01. The lowest BCUT2D eigenvalue weighted by atomic mass is 10.0. The second-order valence-corrected chi connectivity index (χ2v) is 4.09. The molecule has 0 nitrogen and oxygen atoms in total. The van der Waals surface area contributed by atoms with Gasteiger partial charge in [0.25, 0.3) is 0 Å². The van der Waals surface area contributed by atoms with Crippen molar-refractivity contribution >= 4 is 23.2 Å². The van der Waals surface area contributed by atoms with E-state index in [1.807, 2.05) is 24.3 Å². The molecule has 0 amide bonds. The summed E-state index contributed by atoms with van der Waals surface area (Å²) in [6.07, 6.45) is 0. The number of hydrogen-bond donors (Lipinski definition) is 0. The van der Waals surface area contributed by atoms with E-state index in [2.05, 4.69) is 19.1 Å². The van der Waals surface area contributed by atoms with Crippen LogP contribution >= 0.6 is 23.2 Å². The van der Waals surface area contributed by atoms with E-state index in [9.17, 15) is 0 Å². The Bertz CT molecular complexity index is 490. The van der Waals surface area contributed by atoms with Crippen LogP contribution in [0.5, 0.6) is 0 Å². The Kier molecular flexibility index (Phi) is 2.99. The molecule has 2 aromatic rings. The quantitative estimate of drug-likeness (QED) is 0.669. The van der Waals surface area contributed by atoms with Gasteiger partial charge in [0.05, 0.1) is 10.0 Å². The summed E-state index contributed by atoms with van der Waals surface area (Å²) in [5.41, 5.74) is 3.25. The van der Waals surface area contributed by atoms with Gasteiger partial charge in [-0.05, 0) is 18.1 Å². The molecule has 0 aliphatic carbocycles. The topological polar surface area (TPSA) is 0 Å². The minimum Gasteiger partial charge on any atom is -0.0820 e. The highest BCUT2D eigenvalue weighted by molar-refractivity contribution is 6.43. The van der Waals surface area contributed by atoms with Gasteiger partial charge in [0.1, 0.15) is 0 Å². The third-order valence-corrected chi connectivity index (χ3v) is 3.11. The summed E-state index contributed by atoms with van der Waals surface area (Å²) in [6.45, 7) is 2.05. The number of halogens is 2. The van der Waals surface area contributed by atoms with Gasteiger partial charge < -0.3 is 0 Å². The minimum absolute atomic E-state index is 0.470. The van der Waals surface area contributed by atoms with Crippen molar-refractivity contribution < 1.29 is 0 Å². The predicted molar refractivity (Wildman–Crippen MR) is 65.5 cm³/mol. The molecule has 0 aromatic heterocycles. The Morgan fingerprint density at radius 1 is 1.00 bits per heavy atom. The van der Waals surface area contributed by atoms with Crippen molar-refractivity contribution in [2.24, 2.45) is 0 Å². The van der Waals surface area contributed by atoms with Crippen molar-refractivity contribution in [3.05, 3.63) is 58.1 Å². The second kappa shape index (κ2) is 4.26. The van der Waals surface area contributed by atoms with Gasteiger partial charge >= 0.3 is 0 Å². The summed E-state index contributed by atoms with van der Waals surface area (Å²) in [7, 11) is 0. The number of rotatable bonds is 1. The average Bonchev–Trinajstić information content (AvgIpc) is 2.23. The summed E-state index contributed by atoms with van der Waals surface area (Å²) in [4.78, 5) is 0. The van der Waals surface area contributed by atoms with Crippen LogP contribution in [0.4, 0.5) is 0 Å². The van der Waals surface area contributed by atoms with E-state index in [-0.39, 0.29) is 0 Å². The Morgan fingerprint density at radius 2 is 1.73 bits per heavy atom. The maximum atomic E-state index is 6.14. The maximum absolute atomic E-state index is 6.14. The molecule has 75 valence electrons. The van der Waals surface area contributed by atoms with Gasteiger partial charge in [-0.25, -0.2) is 0 Å². The first-order chi connectivity index (χ1) is 7.20. The molecule has 1 radical (unpaired) electrons. The molecule has 0 fully saturated rings. The first-order valence-electron chi connectivity index (χ1n) is 4.62.